The van der Waals surface area contributed by atoms with Crippen LogP contribution in [0.25, 0.3) is 6.08 Å². The molecule has 0 saturated heterocycles. The number of amides is 2. The lowest BCUT2D eigenvalue weighted by atomic mass is 9.88. The van der Waals surface area contributed by atoms with E-state index in [2.05, 4.69) is 11.4 Å². The van der Waals surface area contributed by atoms with Crippen LogP contribution in [-0.4, -0.2) is 36.6 Å². The first-order valence-corrected chi connectivity index (χ1v) is 10.8. The van der Waals surface area contributed by atoms with Gasteiger partial charge in [0.05, 0.1) is 24.7 Å². The lowest BCUT2D eigenvalue weighted by molar-refractivity contribution is -0.111. The number of carbonyl (C=O) groups excluding carboxylic acids is 2. The number of nitriles is 1. The van der Waals surface area contributed by atoms with Crippen LogP contribution >= 0.6 is 11.3 Å². The number of anilines is 1. The van der Waals surface area contributed by atoms with E-state index in [0.29, 0.717) is 30.3 Å². The van der Waals surface area contributed by atoms with Crippen molar-refractivity contribution in [1.29, 1.82) is 5.26 Å². The molecule has 158 valence electrons. The summed E-state index contributed by atoms with van der Waals surface area (Å²) >= 11 is 1.43. The standard InChI is InChI=1S/C22H25N3O4S/c1-3-25(4-2)22(27)29-14-16-5-7-17-18(12-23)21(30-19(17)11-16)24-20(26)8-6-15-9-10-28-13-15/h6,8-10,13,16H,3-5,7,11,14H2,1-2H3,(H,24,26)/b8-6+. The average molecular weight is 428 g/mol. The smallest absolute Gasteiger partial charge is 0.409 e. The lowest BCUT2D eigenvalue weighted by Gasteiger charge is -2.24. The maximum Gasteiger partial charge on any atom is 0.409 e. The van der Waals surface area contributed by atoms with Gasteiger partial charge in [0.25, 0.3) is 0 Å². The molecule has 1 aliphatic rings. The number of ether oxygens (including phenoxy) is 1. The number of hydrogen-bond acceptors (Lipinski definition) is 6. The molecule has 0 spiro atoms. The fourth-order valence-electron chi connectivity index (χ4n) is 3.46. The Morgan fingerprint density at radius 3 is 2.90 bits per heavy atom. The molecule has 8 heteroatoms. The Morgan fingerprint density at radius 2 is 2.23 bits per heavy atom. The topological polar surface area (TPSA) is 95.6 Å². The Hall–Kier alpha value is -3.05. The molecule has 0 saturated carbocycles. The van der Waals surface area contributed by atoms with Crippen molar-refractivity contribution in [1.82, 2.24) is 4.90 Å². The summed E-state index contributed by atoms with van der Waals surface area (Å²) < 4.78 is 10.4. The Kier molecular flexibility index (Phi) is 7.31. The van der Waals surface area contributed by atoms with Crippen LogP contribution in [0.4, 0.5) is 9.80 Å². The predicted molar refractivity (Wildman–Crippen MR) is 115 cm³/mol. The van der Waals surface area contributed by atoms with Crippen LogP contribution in [0.5, 0.6) is 0 Å². The van der Waals surface area contributed by atoms with E-state index in [1.807, 2.05) is 13.8 Å². The molecule has 1 unspecified atom stereocenters. The molecule has 0 bridgehead atoms. The van der Waals surface area contributed by atoms with Gasteiger partial charge in [-0.15, -0.1) is 11.3 Å². The summed E-state index contributed by atoms with van der Waals surface area (Å²) in [4.78, 5) is 27.1. The fraction of sp³-hybridized carbons (Fsp3) is 0.409. The van der Waals surface area contributed by atoms with Crippen molar-refractivity contribution in [2.75, 3.05) is 25.0 Å². The van der Waals surface area contributed by atoms with Gasteiger partial charge < -0.3 is 19.4 Å². The van der Waals surface area contributed by atoms with Gasteiger partial charge in [-0.2, -0.15) is 5.26 Å². The maximum atomic E-state index is 12.3. The molecule has 2 aromatic heterocycles. The van der Waals surface area contributed by atoms with Gasteiger partial charge in [0.2, 0.25) is 5.91 Å². The summed E-state index contributed by atoms with van der Waals surface area (Å²) in [5, 5.41) is 13.0. The first-order chi connectivity index (χ1) is 14.5. The van der Waals surface area contributed by atoms with Crippen LogP contribution in [0, 0.1) is 17.2 Å². The van der Waals surface area contributed by atoms with E-state index in [-0.39, 0.29) is 17.9 Å². The predicted octanol–water partition coefficient (Wildman–Crippen LogP) is 4.45. The van der Waals surface area contributed by atoms with E-state index in [1.54, 1.807) is 23.3 Å². The molecule has 2 amide bonds. The highest BCUT2D eigenvalue weighted by atomic mass is 32.1. The molecule has 1 atom stereocenters. The SMILES string of the molecule is CCN(CC)C(=O)OCC1CCc2c(sc(NC(=O)/C=C/c3ccoc3)c2C#N)C1. The summed E-state index contributed by atoms with van der Waals surface area (Å²) in [6.45, 7) is 5.46. The number of fused-ring (bicyclic) bond motifs is 1. The van der Waals surface area contributed by atoms with Gasteiger partial charge in [0, 0.05) is 29.6 Å². The molecule has 0 aromatic carbocycles. The summed E-state index contributed by atoms with van der Waals surface area (Å²) in [5.74, 6) is -0.0808. The second-order valence-electron chi connectivity index (χ2n) is 7.06. The van der Waals surface area contributed by atoms with Crippen molar-refractivity contribution in [3.63, 3.8) is 0 Å². The zero-order valence-electron chi connectivity index (χ0n) is 17.1. The van der Waals surface area contributed by atoms with E-state index in [0.717, 1.165) is 35.3 Å². The van der Waals surface area contributed by atoms with Gasteiger partial charge in [0.15, 0.2) is 0 Å². The molecule has 1 N–H and O–H groups in total. The van der Waals surface area contributed by atoms with Crippen molar-refractivity contribution in [2.24, 2.45) is 5.92 Å². The molecule has 2 heterocycles. The molecule has 7 nitrogen and oxygen atoms in total. The summed E-state index contributed by atoms with van der Waals surface area (Å²) in [5.41, 5.74) is 2.33. The molecule has 3 rings (SSSR count). The first-order valence-electron chi connectivity index (χ1n) is 10.0. The minimum absolute atomic E-state index is 0.215. The highest BCUT2D eigenvalue weighted by Gasteiger charge is 2.27. The molecule has 0 radical (unpaired) electrons. The van der Waals surface area contributed by atoms with Gasteiger partial charge in [-0.3, -0.25) is 4.79 Å². The van der Waals surface area contributed by atoms with Crippen LogP contribution in [0.15, 0.2) is 29.1 Å². The molecular formula is C22H25N3O4S. The van der Waals surface area contributed by atoms with Crippen molar-refractivity contribution >= 4 is 34.4 Å². The van der Waals surface area contributed by atoms with E-state index in [1.165, 1.54) is 23.7 Å². The summed E-state index contributed by atoms with van der Waals surface area (Å²) in [6.07, 6.45) is 8.18. The zero-order valence-corrected chi connectivity index (χ0v) is 18.0. The van der Waals surface area contributed by atoms with Crippen LogP contribution in [0.3, 0.4) is 0 Å². The molecule has 0 fully saturated rings. The number of nitrogens with zero attached hydrogens (tertiary/aromatic N) is 2. The number of nitrogens with one attached hydrogen (secondary N) is 1. The monoisotopic (exact) mass is 427 g/mol. The maximum absolute atomic E-state index is 12.3. The Balaban J connectivity index is 1.63. The van der Waals surface area contributed by atoms with Crippen molar-refractivity contribution in [3.05, 3.63) is 46.2 Å². The number of furan rings is 1. The van der Waals surface area contributed by atoms with Crippen molar-refractivity contribution < 1.29 is 18.7 Å². The van der Waals surface area contributed by atoms with Gasteiger partial charge in [-0.25, -0.2) is 4.79 Å². The number of hydrogen-bond donors (Lipinski definition) is 1. The Bertz CT molecular complexity index is 952. The zero-order chi connectivity index (χ0) is 21.5. The summed E-state index contributed by atoms with van der Waals surface area (Å²) in [7, 11) is 0. The molecular weight excluding hydrogens is 402 g/mol. The molecule has 30 heavy (non-hydrogen) atoms. The van der Waals surface area contributed by atoms with Gasteiger partial charge >= 0.3 is 6.09 Å². The van der Waals surface area contributed by atoms with Gasteiger partial charge in [0.1, 0.15) is 11.1 Å². The number of thiophene rings is 1. The fourth-order valence-corrected chi connectivity index (χ4v) is 4.78. The Labute approximate surface area is 179 Å². The Morgan fingerprint density at radius 1 is 1.43 bits per heavy atom. The molecule has 2 aromatic rings. The van der Waals surface area contributed by atoms with E-state index >= 15 is 0 Å². The molecule has 0 aliphatic heterocycles. The minimum atomic E-state index is -0.295. The second-order valence-corrected chi connectivity index (χ2v) is 8.16. The van der Waals surface area contributed by atoms with Crippen LogP contribution in [0.2, 0.25) is 0 Å². The van der Waals surface area contributed by atoms with Crippen molar-refractivity contribution in [2.45, 2.75) is 33.1 Å². The summed E-state index contributed by atoms with van der Waals surface area (Å²) in [6, 6.07) is 3.99. The minimum Gasteiger partial charge on any atom is -0.472 e. The molecule has 1 aliphatic carbocycles. The van der Waals surface area contributed by atoms with Crippen LogP contribution in [0.1, 0.15) is 41.8 Å². The van der Waals surface area contributed by atoms with Gasteiger partial charge in [-0.05, 0) is 56.7 Å². The van der Waals surface area contributed by atoms with Crippen LogP contribution in [-0.2, 0) is 22.4 Å². The highest BCUT2D eigenvalue weighted by molar-refractivity contribution is 7.16. The third kappa shape index (κ3) is 5.10. The third-order valence-corrected chi connectivity index (χ3v) is 6.32. The van der Waals surface area contributed by atoms with Gasteiger partial charge in [-0.1, -0.05) is 0 Å². The average Bonchev–Trinajstić information content (AvgIpc) is 3.38. The second kappa shape index (κ2) is 10.1. The highest BCUT2D eigenvalue weighted by Crippen LogP contribution is 2.39. The number of rotatable bonds is 7. The third-order valence-electron chi connectivity index (χ3n) is 5.15. The lowest BCUT2D eigenvalue weighted by Crippen LogP contribution is -2.33. The normalized spacial score (nSPS) is 15.4. The largest absolute Gasteiger partial charge is 0.472 e. The van der Waals surface area contributed by atoms with E-state index in [4.69, 9.17) is 9.15 Å². The number of carbonyl (C=O) groups is 2. The van der Waals surface area contributed by atoms with Crippen LogP contribution < -0.4 is 5.32 Å². The van der Waals surface area contributed by atoms with E-state index in [9.17, 15) is 14.9 Å². The first kappa shape index (κ1) is 21.7. The van der Waals surface area contributed by atoms with E-state index < -0.39 is 0 Å². The quantitative estimate of drug-likeness (QED) is 0.659. The van der Waals surface area contributed by atoms with Crippen molar-refractivity contribution in [3.8, 4) is 6.07 Å².